The monoisotopic (exact) mass is 199 g/mol. The maximum Gasteiger partial charge on any atom is 0.176 e. The van der Waals surface area contributed by atoms with Gasteiger partial charge in [-0.05, 0) is 11.6 Å². The summed E-state index contributed by atoms with van der Waals surface area (Å²) in [4.78, 5) is 1.38. The Morgan fingerprint density at radius 2 is 2.43 bits per heavy atom. The van der Waals surface area contributed by atoms with Crippen LogP contribution in [0.15, 0.2) is 0 Å². The summed E-state index contributed by atoms with van der Waals surface area (Å²) >= 11 is 0. The highest BCUT2D eigenvalue weighted by Crippen LogP contribution is 2.50. The molecule has 6 heteroatoms. The molecular formula is C8H14FN5. The molecule has 1 fully saturated rings. The fourth-order valence-corrected chi connectivity index (χ4v) is 1.55. The molecule has 1 aliphatic rings. The zero-order valence-electron chi connectivity index (χ0n) is 8.31. The fourth-order valence-electron chi connectivity index (χ4n) is 1.55. The van der Waals surface area contributed by atoms with Gasteiger partial charge in [0, 0.05) is 17.9 Å². The van der Waals surface area contributed by atoms with Crippen LogP contribution in [0.2, 0.25) is 0 Å². The van der Waals surface area contributed by atoms with Crippen LogP contribution in [-0.4, -0.2) is 32.4 Å². The minimum absolute atomic E-state index is 0.221. The van der Waals surface area contributed by atoms with E-state index >= 15 is 0 Å². The molecule has 1 aromatic heterocycles. The van der Waals surface area contributed by atoms with Crippen LogP contribution in [0.1, 0.15) is 19.2 Å². The van der Waals surface area contributed by atoms with Crippen LogP contribution in [0.3, 0.4) is 0 Å². The number of alkyl halides is 1. The molecule has 0 bridgehead atoms. The van der Waals surface area contributed by atoms with Crippen molar-refractivity contribution in [2.45, 2.75) is 32.0 Å². The number of aromatic nitrogens is 4. The van der Waals surface area contributed by atoms with E-state index in [1.807, 2.05) is 6.92 Å². The van der Waals surface area contributed by atoms with Gasteiger partial charge in [-0.2, -0.15) is 4.80 Å². The second-order valence-corrected chi connectivity index (χ2v) is 4.18. The van der Waals surface area contributed by atoms with Crippen molar-refractivity contribution < 1.29 is 4.39 Å². The second kappa shape index (κ2) is 2.98. The molecule has 3 atom stereocenters. The highest BCUT2D eigenvalue weighted by molar-refractivity contribution is 5.08. The van der Waals surface area contributed by atoms with Crippen LogP contribution < -0.4 is 5.73 Å². The lowest BCUT2D eigenvalue weighted by Crippen LogP contribution is -2.34. The van der Waals surface area contributed by atoms with E-state index in [4.69, 9.17) is 5.73 Å². The Hall–Kier alpha value is -1.04. The van der Waals surface area contributed by atoms with Crippen molar-refractivity contribution in [2.24, 2.45) is 18.2 Å². The third-order valence-electron chi connectivity index (χ3n) is 2.97. The lowest BCUT2D eigenvalue weighted by atomic mass is 9.96. The van der Waals surface area contributed by atoms with Gasteiger partial charge in [0.25, 0.3) is 0 Å². The first-order valence-corrected chi connectivity index (χ1v) is 4.65. The summed E-state index contributed by atoms with van der Waals surface area (Å²) in [6.07, 6.45) is 0.272. The van der Waals surface area contributed by atoms with Crippen LogP contribution in [0, 0.1) is 5.41 Å². The van der Waals surface area contributed by atoms with Gasteiger partial charge >= 0.3 is 0 Å². The number of tetrazole rings is 1. The molecule has 0 aromatic carbocycles. The zero-order valence-corrected chi connectivity index (χ0v) is 8.31. The molecule has 1 saturated carbocycles. The molecule has 78 valence electrons. The predicted molar refractivity (Wildman–Crippen MR) is 48.1 cm³/mol. The summed E-state index contributed by atoms with van der Waals surface area (Å²) in [5.41, 5.74) is 5.51. The molecule has 0 amide bonds. The van der Waals surface area contributed by atoms with Crippen molar-refractivity contribution in [3.8, 4) is 0 Å². The smallest absolute Gasteiger partial charge is 0.176 e. The van der Waals surface area contributed by atoms with Crippen molar-refractivity contribution >= 4 is 0 Å². The number of hydrogen-bond donors (Lipinski definition) is 1. The Balaban J connectivity index is 1.98. The van der Waals surface area contributed by atoms with Crippen molar-refractivity contribution in [3.63, 3.8) is 0 Å². The van der Waals surface area contributed by atoms with E-state index in [1.165, 1.54) is 4.80 Å². The summed E-state index contributed by atoms with van der Waals surface area (Å²) in [5, 5.41) is 11.5. The quantitative estimate of drug-likeness (QED) is 0.733. The molecule has 0 radical (unpaired) electrons. The van der Waals surface area contributed by atoms with E-state index in [-0.39, 0.29) is 11.5 Å². The van der Waals surface area contributed by atoms with E-state index in [1.54, 1.807) is 7.05 Å². The Kier molecular flexibility index (Phi) is 2.02. The SMILES string of the molecule is Cn1nnc(CC(N)C2(C)CC2F)n1. The summed E-state index contributed by atoms with van der Waals surface area (Å²) in [5.74, 6) is 0.584. The molecule has 5 nitrogen and oxygen atoms in total. The largest absolute Gasteiger partial charge is 0.327 e. The zero-order chi connectivity index (χ0) is 10.3. The molecule has 3 unspecified atom stereocenters. The number of nitrogens with zero attached hydrogens (tertiary/aromatic N) is 4. The van der Waals surface area contributed by atoms with Crippen LogP contribution >= 0.6 is 0 Å². The first kappa shape index (κ1) is 9.51. The second-order valence-electron chi connectivity index (χ2n) is 4.18. The number of rotatable bonds is 3. The molecule has 1 aromatic rings. The Morgan fingerprint density at radius 1 is 1.79 bits per heavy atom. The van der Waals surface area contributed by atoms with Gasteiger partial charge in [0.05, 0.1) is 7.05 Å². The first-order valence-electron chi connectivity index (χ1n) is 4.65. The third-order valence-corrected chi connectivity index (χ3v) is 2.97. The van der Waals surface area contributed by atoms with Gasteiger partial charge in [-0.15, -0.1) is 10.2 Å². The lowest BCUT2D eigenvalue weighted by molar-refractivity contribution is 0.324. The number of halogens is 1. The van der Waals surface area contributed by atoms with Gasteiger partial charge in [-0.1, -0.05) is 6.92 Å². The minimum Gasteiger partial charge on any atom is -0.327 e. The van der Waals surface area contributed by atoms with Gasteiger partial charge < -0.3 is 5.73 Å². The maximum absolute atomic E-state index is 13.0. The van der Waals surface area contributed by atoms with Crippen molar-refractivity contribution in [1.82, 2.24) is 20.2 Å². The van der Waals surface area contributed by atoms with Crippen LogP contribution in [0.5, 0.6) is 0 Å². The van der Waals surface area contributed by atoms with Crippen LogP contribution in [0.25, 0.3) is 0 Å². The first-order chi connectivity index (χ1) is 6.52. The van der Waals surface area contributed by atoms with E-state index in [2.05, 4.69) is 15.4 Å². The molecule has 0 saturated heterocycles. The Bertz CT molecular complexity index is 338. The van der Waals surface area contributed by atoms with E-state index in [0.717, 1.165) is 0 Å². The number of nitrogens with two attached hydrogens (primary N) is 1. The minimum atomic E-state index is -0.769. The predicted octanol–water partition coefficient (Wildman–Crippen LogP) is -0.172. The molecule has 1 aliphatic carbocycles. The lowest BCUT2D eigenvalue weighted by Gasteiger charge is -2.16. The molecule has 0 spiro atoms. The third kappa shape index (κ3) is 1.50. The van der Waals surface area contributed by atoms with Crippen molar-refractivity contribution in [3.05, 3.63) is 5.82 Å². The summed E-state index contributed by atoms with van der Waals surface area (Å²) in [6.45, 7) is 1.86. The van der Waals surface area contributed by atoms with Gasteiger partial charge in [0.15, 0.2) is 5.82 Å². The fraction of sp³-hybridized carbons (Fsp3) is 0.875. The summed E-state index contributed by atoms with van der Waals surface area (Å²) < 4.78 is 13.0. The molecule has 2 rings (SSSR count). The van der Waals surface area contributed by atoms with E-state index in [9.17, 15) is 4.39 Å². The van der Waals surface area contributed by atoms with Gasteiger partial charge in [-0.3, -0.25) is 0 Å². The molecule has 14 heavy (non-hydrogen) atoms. The van der Waals surface area contributed by atoms with Gasteiger partial charge in [-0.25, -0.2) is 4.39 Å². The molecular weight excluding hydrogens is 185 g/mol. The van der Waals surface area contributed by atoms with Crippen molar-refractivity contribution in [2.75, 3.05) is 0 Å². The number of hydrogen-bond acceptors (Lipinski definition) is 4. The van der Waals surface area contributed by atoms with Crippen LogP contribution in [-0.2, 0) is 13.5 Å². The molecule has 1 heterocycles. The Morgan fingerprint density at radius 3 is 2.86 bits per heavy atom. The van der Waals surface area contributed by atoms with Crippen LogP contribution in [0.4, 0.5) is 4.39 Å². The molecule has 2 N–H and O–H groups in total. The van der Waals surface area contributed by atoms with E-state index in [0.29, 0.717) is 18.7 Å². The van der Waals surface area contributed by atoms with E-state index < -0.39 is 6.17 Å². The number of aryl methyl sites for hydroxylation is 1. The van der Waals surface area contributed by atoms with Gasteiger partial charge in [0.2, 0.25) is 0 Å². The average Bonchev–Trinajstić information content (AvgIpc) is 2.56. The van der Waals surface area contributed by atoms with Crippen molar-refractivity contribution in [1.29, 1.82) is 0 Å². The average molecular weight is 199 g/mol. The highest BCUT2D eigenvalue weighted by atomic mass is 19.1. The molecule has 0 aliphatic heterocycles. The summed E-state index contributed by atoms with van der Waals surface area (Å²) in [7, 11) is 1.69. The topological polar surface area (TPSA) is 69.6 Å². The van der Waals surface area contributed by atoms with Gasteiger partial charge in [0.1, 0.15) is 6.17 Å². The normalized spacial score (nSPS) is 33.0. The Labute approximate surface area is 81.5 Å². The highest BCUT2D eigenvalue weighted by Gasteiger charge is 2.55. The maximum atomic E-state index is 13.0. The summed E-state index contributed by atoms with van der Waals surface area (Å²) in [6, 6.07) is -0.221. The standard InChI is InChI=1S/C8H14FN5/c1-8(4-5(8)9)6(10)3-7-11-13-14(2)12-7/h5-6H,3-4,10H2,1-2H3.